The lowest BCUT2D eigenvalue weighted by Gasteiger charge is -2.42. The lowest BCUT2D eigenvalue weighted by molar-refractivity contribution is 0.0899. The number of thiazole rings is 1. The maximum atomic E-state index is 11.1. The van der Waals surface area contributed by atoms with Crippen molar-refractivity contribution in [2.24, 2.45) is 0 Å². The molecule has 188 valence electrons. The first-order chi connectivity index (χ1) is 18.2. The van der Waals surface area contributed by atoms with E-state index in [1.54, 1.807) is 7.11 Å². The van der Waals surface area contributed by atoms with E-state index in [4.69, 9.17) is 4.74 Å². The Labute approximate surface area is 220 Å². The van der Waals surface area contributed by atoms with Crippen LogP contribution in [-0.4, -0.2) is 62.8 Å². The monoisotopic (exact) mass is 511 g/mol. The van der Waals surface area contributed by atoms with E-state index in [1.165, 1.54) is 33.3 Å². The molecule has 0 aliphatic carbocycles. The SMILES string of the molecule is COc1cccc(C(c2sc3ncnn3c2O)N2CCN(C(c3ccccc3)c3ccccc3)CC2)c1. The predicted octanol–water partition coefficient (Wildman–Crippen LogP) is 5.00. The van der Waals surface area contributed by atoms with Gasteiger partial charge in [0.1, 0.15) is 12.1 Å². The summed E-state index contributed by atoms with van der Waals surface area (Å²) in [6, 6.07) is 29.7. The largest absolute Gasteiger partial charge is 0.497 e. The molecule has 7 nitrogen and oxygen atoms in total. The predicted molar refractivity (Wildman–Crippen MR) is 145 cm³/mol. The van der Waals surface area contributed by atoms with Gasteiger partial charge >= 0.3 is 0 Å². The second-order valence-electron chi connectivity index (χ2n) is 9.22. The van der Waals surface area contributed by atoms with Crippen LogP contribution in [0, 0.1) is 0 Å². The Morgan fingerprint density at radius 2 is 1.38 bits per heavy atom. The third kappa shape index (κ3) is 4.59. The van der Waals surface area contributed by atoms with Gasteiger partial charge in [0.15, 0.2) is 0 Å². The van der Waals surface area contributed by atoms with Crippen LogP contribution >= 0.6 is 11.3 Å². The molecule has 0 amide bonds. The Morgan fingerprint density at radius 3 is 1.97 bits per heavy atom. The molecule has 8 heteroatoms. The highest BCUT2D eigenvalue weighted by Gasteiger charge is 2.34. The molecule has 5 aromatic rings. The highest BCUT2D eigenvalue weighted by molar-refractivity contribution is 7.17. The lowest BCUT2D eigenvalue weighted by atomic mass is 9.96. The molecule has 1 unspecified atom stereocenters. The molecular formula is C29H29N5O2S. The fourth-order valence-corrected chi connectivity index (χ4v) is 6.44. The van der Waals surface area contributed by atoms with Crippen LogP contribution in [0.3, 0.4) is 0 Å². The molecule has 3 aromatic carbocycles. The summed E-state index contributed by atoms with van der Waals surface area (Å²) >= 11 is 1.48. The van der Waals surface area contributed by atoms with Crippen LogP contribution in [0.5, 0.6) is 11.6 Å². The molecule has 2 aromatic heterocycles. The number of rotatable bonds is 7. The van der Waals surface area contributed by atoms with Gasteiger partial charge in [-0.15, -0.1) is 0 Å². The Morgan fingerprint density at radius 1 is 0.784 bits per heavy atom. The Hall–Kier alpha value is -3.72. The zero-order chi connectivity index (χ0) is 25.2. The number of fused-ring (bicyclic) bond motifs is 1. The summed E-state index contributed by atoms with van der Waals surface area (Å²) in [4.78, 5) is 10.9. The molecule has 1 atom stereocenters. The standard InChI is InChI=1S/C29H29N5O2S/c1-36-24-14-8-13-23(19-24)26(27-28(35)34-29(37-27)30-20-31-34)33-17-15-32(16-18-33)25(21-9-4-2-5-10-21)22-11-6-3-7-12-22/h2-14,19-20,25-26,35H,15-18H2,1H3. The van der Waals surface area contributed by atoms with Crippen molar-refractivity contribution in [3.63, 3.8) is 0 Å². The highest BCUT2D eigenvalue weighted by Crippen LogP contribution is 2.41. The molecule has 1 aliphatic heterocycles. The number of aromatic hydroxyl groups is 1. The highest BCUT2D eigenvalue weighted by atomic mass is 32.1. The summed E-state index contributed by atoms with van der Waals surface area (Å²) in [5.74, 6) is 0.951. The molecule has 0 spiro atoms. The van der Waals surface area contributed by atoms with Crippen LogP contribution in [0.15, 0.2) is 91.3 Å². The third-order valence-corrected chi connectivity index (χ3v) is 8.19. The van der Waals surface area contributed by atoms with E-state index in [1.807, 2.05) is 12.1 Å². The van der Waals surface area contributed by atoms with Crippen molar-refractivity contribution < 1.29 is 9.84 Å². The first kappa shape index (κ1) is 23.7. The van der Waals surface area contributed by atoms with Gasteiger partial charge in [0.25, 0.3) is 0 Å². The molecule has 37 heavy (non-hydrogen) atoms. The lowest BCUT2D eigenvalue weighted by Crippen LogP contribution is -2.49. The van der Waals surface area contributed by atoms with Crippen LogP contribution in [0.4, 0.5) is 0 Å². The summed E-state index contributed by atoms with van der Waals surface area (Å²) in [6.07, 6.45) is 1.47. The molecule has 1 aliphatic rings. The van der Waals surface area contributed by atoms with Crippen molar-refractivity contribution in [2.45, 2.75) is 12.1 Å². The van der Waals surface area contributed by atoms with E-state index < -0.39 is 0 Å². The van der Waals surface area contributed by atoms with Crippen molar-refractivity contribution in [2.75, 3.05) is 33.3 Å². The normalized spacial score (nSPS) is 15.8. The van der Waals surface area contributed by atoms with Gasteiger partial charge in [0, 0.05) is 26.2 Å². The van der Waals surface area contributed by atoms with Crippen molar-refractivity contribution in [1.29, 1.82) is 0 Å². The van der Waals surface area contributed by atoms with Crippen LogP contribution in [-0.2, 0) is 0 Å². The quantitative estimate of drug-likeness (QED) is 0.332. The number of ether oxygens (including phenoxy) is 1. The van der Waals surface area contributed by atoms with Gasteiger partial charge in [-0.1, -0.05) is 84.1 Å². The van der Waals surface area contributed by atoms with Gasteiger partial charge in [0.05, 0.1) is 24.1 Å². The van der Waals surface area contributed by atoms with Crippen molar-refractivity contribution in [1.82, 2.24) is 24.4 Å². The first-order valence-corrected chi connectivity index (χ1v) is 13.3. The minimum Gasteiger partial charge on any atom is -0.497 e. The summed E-state index contributed by atoms with van der Waals surface area (Å²) < 4.78 is 7.05. The van der Waals surface area contributed by atoms with E-state index in [9.17, 15) is 5.11 Å². The maximum Gasteiger partial charge on any atom is 0.230 e. The van der Waals surface area contributed by atoms with Gasteiger partial charge in [-0.25, -0.2) is 4.98 Å². The molecule has 0 bridgehead atoms. The van der Waals surface area contributed by atoms with Gasteiger partial charge in [0.2, 0.25) is 10.8 Å². The Bertz CT molecular complexity index is 1420. The van der Waals surface area contributed by atoms with Crippen LogP contribution < -0.4 is 4.74 Å². The van der Waals surface area contributed by atoms with E-state index in [-0.39, 0.29) is 18.0 Å². The van der Waals surface area contributed by atoms with E-state index in [2.05, 4.69) is 92.7 Å². The minimum atomic E-state index is -0.127. The number of piperazine rings is 1. The fraction of sp³-hybridized carbons (Fsp3) is 0.241. The number of methoxy groups -OCH3 is 1. The Kier molecular flexibility index (Phi) is 6.61. The average molecular weight is 512 g/mol. The fourth-order valence-electron chi connectivity index (χ4n) is 5.35. The maximum absolute atomic E-state index is 11.1. The second-order valence-corrected chi connectivity index (χ2v) is 10.2. The summed E-state index contributed by atoms with van der Waals surface area (Å²) in [5.41, 5.74) is 3.68. The summed E-state index contributed by atoms with van der Waals surface area (Å²) in [5, 5.41) is 15.3. The van der Waals surface area contributed by atoms with Crippen LogP contribution in [0.2, 0.25) is 0 Å². The van der Waals surface area contributed by atoms with Crippen molar-refractivity contribution in [3.05, 3.63) is 113 Å². The minimum absolute atomic E-state index is 0.127. The molecule has 1 fully saturated rings. The molecule has 3 heterocycles. The Balaban J connectivity index is 1.32. The van der Waals surface area contributed by atoms with Gasteiger partial charge in [-0.05, 0) is 28.8 Å². The van der Waals surface area contributed by atoms with Gasteiger partial charge in [-0.3, -0.25) is 9.80 Å². The molecule has 0 saturated carbocycles. The van der Waals surface area contributed by atoms with E-state index >= 15 is 0 Å². The van der Waals surface area contributed by atoms with Gasteiger partial charge in [-0.2, -0.15) is 9.61 Å². The van der Waals surface area contributed by atoms with Gasteiger partial charge < -0.3 is 9.84 Å². The van der Waals surface area contributed by atoms with Crippen molar-refractivity contribution >= 4 is 16.3 Å². The molecule has 0 radical (unpaired) electrons. The molecular weight excluding hydrogens is 482 g/mol. The van der Waals surface area contributed by atoms with Crippen LogP contribution in [0.1, 0.15) is 33.7 Å². The molecule has 6 rings (SSSR count). The van der Waals surface area contributed by atoms with E-state index in [0.29, 0.717) is 4.96 Å². The number of nitrogens with zero attached hydrogens (tertiary/aromatic N) is 5. The van der Waals surface area contributed by atoms with Crippen molar-refractivity contribution in [3.8, 4) is 11.6 Å². The van der Waals surface area contributed by atoms with Crippen LogP contribution in [0.25, 0.3) is 4.96 Å². The molecule has 1 N–H and O–H groups in total. The zero-order valence-corrected chi connectivity index (χ0v) is 21.5. The number of benzene rings is 3. The first-order valence-electron chi connectivity index (χ1n) is 12.5. The second kappa shape index (κ2) is 10.3. The number of hydrogen-bond donors (Lipinski definition) is 1. The number of aromatic nitrogens is 3. The smallest absolute Gasteiger partial charge is 0.230 e. The zero-order valence-electron chi connectivity index (χ0n) is 20.6. The van der Waals surface area contributed by atoms with E-state index in [0.717, 1.165) is 42.4 Å². The number of hydrogen-bond acceptors (Lipinski definition) is 7. The summed E-state index contributed by atoms with van der Waals surface area (Å²) in [6.45, 7) is 3.50. The average Bonchev–Trinajstić information content (AvgIpc) is 3.54. The summed E-state index contributed by atoms with van der Waals surface area (Å²) in [7, 11) is 1.68. The molecule has 1 saturated heterocycles. The topological polar surface area (TPSA) is 66.1 Å². The third-order valence-electron chi connectivity index (χ3n) is 7.11.